The van der Waals surface area contributed by atoms with E-state index in [0.29, 0.717) is 13.0 Å². The fourth-order valence-corrected chi connectivity index (χ4v) is 3.35. The van der Waals surface area contributed by atoms with Crippen LogP contribution in [0.2, 0.25) is 0 Å². The average molecular weight is 301 g/mol. The minimum absolute atomic E-state index is 0.00191. The molecule has 3 rings (SSSR count). The van der Waals surface area contributed by atoms with Crippen LogP contribution in [-0.2, 0) is 16.1 Å². The Morgan fingerprint density at radius 2 is 2.05 bits per heavy atom. The second-order valence-corrected chi connectivity index (χ2v) is 6.16. The van der Waals surface area contributed by atoms with Crippen molar-refractivity contribution in [2.75, 3.05) is 6.54 Å². The van der Waals surface area contributed by atoms with Gasteiger partial charge in [-0.15, -0.1) is 0 Å². The second kappa shape index (κ2) is 6.48. The summed E-state index contributed by atoms with van der Waals surface area (Å²) in [6, 6.07) is 9.73. The monoisotopic (exact) mass is 301 g/mol. The molecule has 22 heavy (non-hydrogen) atoms. The number of rotatable bonds is 5. The molecule has 5 nitrogen and oxygen atoms in total. The molecule has 2 heterocycles. The van der Waals surface area contributed by atoms with Gasteiger partial charge in [-0.25, -0.2) is 0 Å². The summed E-state index contributed by atoms with van der Waals surface area (Å²) in [6.07, 6.45) is 2.31. The van der Waals surface area contributed by atoms with E-state index in [1.165, 1.54) is 5.56 Å². The standard InChI is InChI=1S/C17H23N3O2/c1-2-6-14-17(22)20-11-13(9-15(20)16(21)19-14)18-10-12-7-4-3-5-8-12/h3-5,7-8,13-15,18H,2,6,9-11H2,1H3,(H,19,21)/t13-,14-,15-/m0/s1. The van der Waals surface area contributed by atoms with E-state index in [9.17, 15) is 9.59 Å². The van der Waals surface area contributed by atoms with E-state index in [1.807, 2.05) is 25.1 Å². The molecule has 1 aromatic carbocycles. The van der Waals surface area contributed by atoms with Gasteiger partial charge in [-0.2, -0.15) is 0 Å². The zero-order valence-electron chi connectivity index (χ0n) is 12.9. The molecule has 2 saturated heterocycles. The van der Waals surface area contributed by atoms with Crippen LogP contribution in [-0.4, -0.2) is 41.4 Å². The van der Waals surface area contributed by atoms with Crippen molar-refractivity contribution in [3.05, 3.63) is 35.9 Å². The van der Waals surface area contributed by atoms with Gasteiger partial charge in [0.05, 0.1) is 0 Å². The highest BCUT2D eigenvalue weighted by Crippen LogP contribution is 2.24. The Hall–Kier alpha value is -1.88. The number of fused-ring (bicyclic) bond motifs is 1. The Morgan fingerprint density at radius 3 is 2.77 bits per heavy atom. The molecule has 2 N–H and O–H groups in total. The molecular formula is C17H23N3O2. The molecule has 2 fully saturated rings. The Bertz CT molecular complexity index is 546. The van der Waals surface area contributed by atoms with Crippen molar-refractivity contribution < 1.29 is 9.59 Å². The maximum Gasteiger partial charge on any atom is 0.245 e. The molecule has 0 unspecified atom stereocenters. The Balaban J connectivity index is 1.60. The van der Waals surface area contributed by atoms with E-state index in [2.05, 4.69) is 22.8 Å². The van der Waals surface area contributed by atoms with Crippen LogP contribution in [0.5, 0.6) is 0 Å². The molecule has 2 amide bonds. The van der Waals surface area contributed by atoms with Gasteiger partial charge in [0.15, 0.2) is 0 Å². The summed E-state index contributed by atoms with van der Waals surface area (Å²) in [7, 11) is 0. The topological polar surface area (TPSA) is 61.4 Å². The van der Waals surface area contributed by atoms with Crippen molar-refractivity contribution in [3.63, 3.8) is 0 Å². The van der Waals surface area contributed by atoms with Gasteiger partial charge in [0.2, 0.25) is 11.8 Å². The highest BCUT2D eigenvalue weighted by Gasteiger charge is 2.45. The Labute approximate surface area is 131 Å². The van der Waals surface area contributed by atoms with E-state index in [1.54, 1.807) is 4.90 Å². The van der Waals surface area contributed by atoms with Crippen LogP contribution in [0.25, 0.3) is 0 Å². The summed E-state index contributed by atoms with van der Waals surface area (Å²) < 4.78 is 0. The minimum Gasteiger partial charge on any atom is -0.343 e. The highest BCUT2D eigenvalue weighted by molar-refractivity contribution is 5.97. The van der Waals surface area contributed by atoms with E-state index in [0.717, 1.165) is 19.4 Å². The van der Waals surface area contributed by atoms with Gasteiger partial charge in [0, 0.05) is 19.1 Å². The summed E-state index contributed by atoms with van der Waals surface area (Å²) in [4.78, 5) is 26.4. The number of carbonyl (C=O) groups is 2. The Kier molecular flexibility index (Phi) is 4.43. The van der Waals surface area contributed by atoms with Crippen molar-refractivity contribution in [2.45, 2.75) is 50.9 Å². The number of amides is 2. The molecule has 118 valence electrons. The van der Waals surface area contributed by atoms with Gasteiger partial charge in [0.1, 0.15) is 12.1 Å². The molecule has 1 aromatic rings. The molecule has 0 aromatic heterocycles. The maximum absolute atomic E-state index is 12.4. The zero-order chi connectivity index (χ0) is 15.5. The first-order chi connectivity index (χ1) is 10.7. The van der Waals surface area contributed by atoms with Gasteiger partial charge in [-0.05, 0) is 18.4 Å². The lowest BCUT2D eigenvalue weighted by Gasteiger charge is -2.34. The van der Waals surface area contributed by atoms with Crippen molar-refractivity contribution >= 4 is 11.8 Å². The number of nitrogens with one attached hydrogen (secondary N) is 2. The number of hydrogen-bond donors (Lipinski definition) is 2. The van der Waals surface area contributed by atoms with Crippen molar-refractivity contribution in [1.29, 1.82) is 0 Å². The first-order valence-corrected chi connectivity index (χ1v) is 8.07. The molecule has 2 aliphatic heterocycles. The van der Waals surface area contributed by atoms with Gasteiger partial charge in [0.25, 0.3) is 0 Å². The van der Waals surface area contributed by atoms with Crippen LogP contribution in [0.4, 0.5) is 0 Å². The van der Waals surface area contributed by atoms with Crippen molar-refractivity contribution in [3.8, 4) is 0 Å². The van der Waals surface area contributed by atoms with Gasteiger partial charge >= 0.3 is 0 Å². The van der Waals surface area contributed by atoms with Crippen LogP contribution in [0.15, 0.2) is 30.3 Å². The smallest absolute Gasteiger partial charge is 0.245 e. The van der Waals surface area contributed by atoms with Crippen molar-refractivity contribution in [1.82, 2.24) is 15.5 Å². The third-order valence-corrected chi connectivity index (χ3v) is 4.52. The van der Waals surface area contributed by atoms with Gasteiger partial charge in [-0.3, -0.25) is 9.59 Å². The zero-order valence-corrected chi connectivity index (χ0v) is 12.9. The second-order valence-electron chi connectivity index (χ2n) is 6.16. The number of nitrogens with zero attached hydrogens (tertiary/aromatic N) is 1. The van der Waals surface area contributed by atoms with Gasteiger partial charge in [-0.1, -0.05) is 43.7 Å². The predicted octanol–water partition coefficient (Wildman–Crippen LogP) is 1.04. The lowest BCUT2D eigenvalue weighted by atomic mass is 10.0. The normalized spacial score (nSPS) is 27.7. The number of piperazine rings is 1. The molecule has 5 heteroatoms. The molecular weight excluding hydrogens is 278 g/mol. The van der Waals surface area contributed by atoms with E-state index in [4.69, 9.17) is 0 Å². The third-order valence-electron chi connectivity index (χ3n) is 4.52. The van der Waals surface area contributed by atoms with Crippen LogP contribution in [0.1, 0.15) is 31.7 Å². The fraction of sp³-hybridized carbons (Fsp3) is 0.529. The van der Waals surface area contributed by atoms with E-state index in [-0.39, 0.29) is 29.9 Å². The lowest BCUT2D eigenvalue weighted by Crippen LogP contribution is -2.61. The highest BCUT2D eigenvalue weighted by atomic mass is 16.2. The van der Waals surface area contributed by atoms with Crippen LogP contribution in [0, 0.1) is 0 Å². The number of benzene rings is 1. The molecule has 3 atom stereocenters. The summed E-state index contributed by atoms with van der Waals surface area (Å²) in [5.41, 5.74) is 1.21. The van der Waals surface area contributed by atoms with E-state index >= 15 is 0 Å². The predicted molar refractivity (Wildman–Crippen MR) is 84.0 cm³/mol. The number of hydrogen-bond acceptors (Lipinski definition) is 3. The summed E-state index contributed by atoms with van der Waals surface area (Å²) in [6.45, 7) is 3.42. The molecule has 0 radical (unpaired) electrons. The Morgan fingerprint density at radius 1 is 1.27 bits per heavy atom. The van der Waals surface area contributed by atoms with Crippen molar-refractivity contribution in [2.24, 2.45) is 0 Å². The number of carbonyl (C=O) groups excluding carboxylic acids is 2. The first-order valence-electron chi connectivity index (χ1n) is 8.07. The van der Waals surface area contributed by atoms with Crippen LogP contribution in [0.3, 0.4) is 0 Å². The van der Waals surface area contributed by atoms with E-state index < -0.39 is 0 Å². The summed E-state index contributed by atoms with van der Waals surface area (Å²) in [5, 5.41) is 6.34. The molecule has 0 bridgehead atoms. The van der Waals surface area contributed by atoms with Crippen LogP contribution < -0.4 is 10.6 Å². The molecule has 0 aliphatic carbocycles. The molecule has 0 spiro atoms. The molecule has 2 aliphatic rings. The fourth-order valence-electron chi connectivity index (χ4n) is 3.35. The minimum atomic E-state index is -0.332. The average Bonchev–Trinajstić information content (AvgIpc) is 2.97. The lowest BCUT2D eigenvalue weighted by molar-refractivity contribution is -0.147. The SMILES string of the molecule is CCC[C@@H]1NC(=O)[C@@H]2C[C@H](NCc3ccccc3)CN2C1=O. The molecule has 0 saturated carbocycles. The van der Waals surface area contributed by atoms with Gasteiger partial charge < -0.3 is 15.5 Å². The first kappa shape index (κ1) is 15.0. The summed E-state index contributed by atoms with van der Waals surface area (Å²) in [5.74, 6) is 0.0810. The third kappa shape index (κ3) is 2.99. The summed E-state index contributed by atoms with van der Waals surface area (Å²) >= 11 is 0. The maximum atomic E-state index is 12.4. The quantitative estimate of drug-likeness (QED) is 0.854. The van der Waals surface area contributed by atoms with Crippen LogP contribution >= 0.6 is 0 Å². The largest absolute Gasteiger partial charge is 0.343 e.